The maximum Gasteiger partial charge on any atom is 0.236 e. The first kappa shape index (κ1) is 13.3. The van der Waals surface area contributed by atoms with E-state index in [1.54, 1.807) is 31.3 Å². The molecule has 0 atom stereocenters. The monoisotopic (exact) mass is 276 g/mol. The predicted molar refractivity (Wildman–Crippen MR) is 75.1 cm³/mol. The van der Waals surface area contributed by atoms with E-state index in [4.69, 9.17) is 22.1 Å². The standard InChI is InChI=1S/C13H13ClN4O/c1-3-6-19-13-11(14)8(2)17-12(18-13)10-5-4-9(15)7-16-10/h3-5,7H,1,6,15H2,2H3. The molecule has 0 radical (unpaired) electrons. The summed E-state index contributed by atoms with van der Waals surface area (Å²) in [6.07, 6.45) is 3.17. The number of aromatic nitrogens is 3. The van der Waals surface area contributed by atoms with Crippen LogP contribution < -0.4 is 10.5 Å². The number of nitrogens with zero attached hydrogens (tertiary/aromatic N) is 3. The Morgan fingerprint density at radius 2 is 2.21 bits per heavy atom. The van der Waals surface area contributed by atoms with Crippen LogP contribution >= 0.6 is 11.6 Å². The van der Waals surface area contributed by atoms with Crippen molar-refractivity contribution in [3.05, 3.63) is 41.7 Å². The minimum absolute atomic E-state index is 0.322. The lowest BCUT2D eigenvalue weighted by Gasteiger charge is -2.08. The van der Waals surface area contributed by atoms with Crippen LogP contribution in [0.5, 0.6) is 5.88 Å². The summed E-state index contributed by atoms with van der Waals surface area (Å²) in [5.74, 6) is 0.767. The summed E-state index contributed by atoms with van der Waals surface area (Å²) in [5, 5.41) is 0.390. The van der Waals surface area contributed by atoms with E-state index >= 15 is 0 Å². The molecule has 6 heteroatoms. The van der Waals surface area contributed by atoms with E-state index < -0.39 is 0 Å². The third kappa shape index (κ3) is 3.00. The molecule has 0 amide bonds. The van der Waals surface area contributed by atoms with E-state index in [1.165, 1.54) is 0 Å². The Morgan fingerprint density at radius 1 is 1.42 bits per heavy atom. The predicted octanol–water partition coefficient (Wildman–Crippen LogP) is 2.65. The van der Waals surface area contributed by atoms with Crippen molar-refractivity contribution in [2.75, 3.05) is 12.3 Å². The topological polar surface area (TPSA) is 73.9 Å². The summed E-state index contributed by atoms with van der Waals surface area (Å²) in [4.78, 5) is 12.7. The molecule has 98 valence electrons. The third-order valence-corrected chi connectivity index (χ3v) is 2.77. The number of rotatable bonds is 4. The van der Waals surface area contributed by atoms with Gasteiger partial charge in [-0.05, 0) is 19.1 Å². The smallest absolute Gasteiger partial charge is 0.236 e. The van der Waals surface area contributed by atoms with Gasteiger partial charge in [0.05, 0.1) is 17.6 Å². The Morgan fingerprint density at radius 3 is 2.84 bits per heavy atom. The highest BCUT2D eigenvalue weighted by atomic mass is 35.5. The van der Waals surface area contributed by atoms with Crippen molar-refractivity contribution in [2.45, 2.75) is 6.92 Å². The number of nitrogens with two attached hydrogens (primary N) is 1. The van der Waals surface area contributed by atoms with Gasteiger partial charge in [0.2, 0.25) is 5.88 Å². The largest absolute Gasteiger partial charge is 0.472 e. The van der Waals surface area contributed by atoms with Gasteiger partial charge in [-0.15, -0.1) is 0 Å². The number of hydrogen-bond acceptors (Lipinski definition) is 5. The van der Waals surface area contributed by atoms with E-state index in [2.05, 4.69) is 21.5 Å². The fraction of sp³-hybridized carbons (Fsp3) is 0.154. The second-order valence-electron chi connectivity index (χ2n) is 3.83. The molecule has 0 fully saturated rings. The molecule has 5 nitrogen and oxygen atoms in total. The summed E-state index contributed by atoms with van der Waals surface area (Å²) in [7, 11) is 0. The average Bonchev–Trinajstić information content (AvgIpc) is 2.41. The summed E-state index contributed by atoms with van der Waals surface area (Å²) >= 11 is 6.09. The lowest BCUT2D eigenvalue weighted by molar-refractivity contribution is 0.348. The van der Waals surface area contributed by atoms with Crippen LogP contribution in [0.15, 0.2) is 31.0 Å². The van der Waals surface area contributed by atoms with Gasteiger partial charge in [0.25, 0.3) is 0 Å². The molecular weight excluding hydrogens is 264 g/mol. The van der Waals surface area contributed by atoms with Gasteiger partial charge in [-0.25, -0.2) is 4.98 Å². The van der Waals surface area contributed by atoms with Crippen LogP contribution in [0, 0.1) is 6.92 Å². The first-order chi connectivity index (χ1) is 9.11. The Hall–Kier alpha value is -2.14. The molecule has 0 aromatic carbocycles. The van der Waals surface area contributed by atoms with Crippen LogP contribution in [0.2, 0.25) is 5.02 Å². The Kier molecular flexibility index (Phi) is 3.97. The van der Waals surface area contributed by atoms with Gasteiger partial charge in [-0.1, -0.05) is 24.3 Å². The normalized spacial score (nSPS) is 10.2. The first-order valence-electron chi connectivity index (χ1n) is 5.61. The van der Waals surface area contributed by atoms with Gasteiger partial charge < -0.3 is 10.5 Å². The number of ether oxygens (including phenoxy) is 1. The fourth-order valence-corrected chi connectivity index (χ4v) is 1.56. The van der Waals surface area contributed by atoms with Crippen molar-refractivity contribution in [3.63, 3.8) is 0 Å². The quantitative estimate of drug-likeness (QED) is 0.869. The van der Waals surface area contributed by atoms with E-state index in [-0.39, 0.29) is 0 Å². The van der Waals surface area contributed by atoms with E-state index in [0.29, 0.717) is 40.4 Å². The zero-order chi connectivity index (χ0) is 13.8. The highest BCUT2D eigenvalue weighted by Gasteiger charge is 2.12. The number of anilines is 1. The molecule has 0 bridgehead atoms. The summed E-state index contributed by atoms with van der Waals surface area (Å²) < 4.78 is 5.40. The molecular formula is C13H13ClN4O. The molecule has 2 rings (SSSR count). The van der Waals surface area contributed by atoms with Gasteiger partial charge >= 0.3 is 0 Å². The molecule has 0 unspecified atom stereocenters. The highest BCUT2D eigenvalue weighted by molar-refractivity contribution is 6.32. The molecule has 0 aliphatic rings. The second-order valence-corrected chi connectivity index (χ2v) is 4.21. The van der Waals surface area contributed by atoms with Crippen molar-refractivity contribution in [1.29, 1.82) is 0 Å². The number of aryl methyl sites for hydroxylation is 1. The fourth-order valence-electron chi connectivity index (χ4n) is 1.42. The summed E-state index contributed by atoms with van der Waals surface area (Å²) in [6, 6.07) is 3.48. The zero-order valence-corrected chi connectivity index (χ0v) is 11.2. The van der Waals surface area contributed by atoms with Gasteiger partial charge in [-0.3, -0.25) is 4.98 Å². The molecule has 0 aliphatic heterocycles. The highest BCUT2D eigenvalue weighted by Crippen LogP contribution is 2.27. The van der Waals surface area contributed by atoms with Crippen molar-refractivity contribution in [2.24, 2.45) is 0 Å². The van der Waals surface area contributed by atoms with Crippen LogP contribution in [-0.4, -0.2) is 21.6 Å². The molecule has 2 aromatic rings. The number of nitrogen functional groups attached to an aromatic ring is 1. The van der Waals surface area contributed by atoms with Crippen molar-refractivity contribution < 1.29 is 4.74 Å². The molecule has 0 saturated heterocycles. The number of hydrogen-bond donors (Lipinski definition) is 1. The first-order valence-corrected chi connectivity index (χ1v) is 5.99. The van der Waals surface area contributed by atoms with Crippen molar-refractivity contribution in [1.82, 2.24) is 15.0 Å². The van der Waals surface area contributed by atoms with E-state index in [0.717, 1.165) is 0 Å². The molecule has 2 aromatic heterocycles. The van der Waals surface area contributed by atoms with Gasteiger partial charge in [0.1, 0.15) is 17.3 Å². The van der Waals surface area contributed by atoms with Gasteiger partial charge in [0, 0.05) is 0 Å². The molecule has 2 heterocycles. The lowest BCUT2D eigenvalue weighted by atomic mass is 10.3. The third-order valence-electron chi connectivity index (χ3n) is 2.34. The number of pyridine rings is 1. The SMILES string of the molecule is C=CCOc1nc(-c2ccc(N)cn2)nc(C)c1Cl. The Balaban J connectivity index is 2.43. The molecule has 2 N–H and O–H groups in total. The molecule has 19 heavy (non-hydrogen) atoms. The molecule has 0 spiro atoms. The summed E-state index contributed by atoms with van der Waals surface area (Å²) in [6.45, 7) is 5.69. The average molecular weight is 277 g/mol. The van der Waals surface area contributed by atoms with E-state index in [1.807, 2.05) is 0 Å². The van der Waals surface area contributed by atoms with Gasteiger partial charge in [0.15, 0.2) is 5.82 Å². The van der Waals surface area contributed by atoms with Crippen molar-refractivity contribution >= 4 is 17.3 Å². The molecule has 0 aliphatic carbocycles. The van der Waals surface area contributed by atoms with Gasteiger partial charge in [-0.2, -0.15) is 4.98 Å². The molecule has 0 saturated carbocycles. The van der Waals surface area contributed by atoms with Crippen LogP contribution in [0.3, 0.4) is 0 Å². The minimum Gasteiger partial charge on any atom is -0.472 e. The lowest BCUT2D eigenvalue weighted by Crippen LogP contribution is -2.02. The van der Waals surface area contributed by atoms with Crippen LogP contribution in [0.1, 0.15) is 5.69 Å². The summed E-state index contributed by atoms with van der Waals surface area (Å²) in [5.41, 5.74) is 7.41. The number of halogens is 1. The minimum atomic E-state index is 0.322. The van der Waals surface area contributed by atoms with Crippen LogP contribution in [0.4, 0.5) is 5.69 Å². The Labute approximate surface area is 116 Å². The zero-order valence-electron chi connectivity index (χ0n) is 10.4. The van der Waals surface area contributed by atoms with Crippen molar-refractivity contribution in [3.8, 4) is 17.4 Å². The van der Waals surface area contributed by atoms with Crippen LogP contribution in [0.25, 0.3) is 11.5 Å². The second kappa shape index (κ2) is 5.67. The van der Waals surface area contributed by atoms with E-state index in [9.17, 15) is 0 Å². The van der Waals surface area contributed by atoms with Crippen LogP contribution in [-0.2, 0) is 0 Å². The maximum absolute atomic E-state index is 6.09. The Bertz CT molecular complexity index is 598. The maximum atomic E-state index is 6.09.